The molecule has 22 aromatic rings. The zero-order chi connectivity index (χ0) is 72.6. The third-order valence-electron chi connectivity index (χ3n) is 21.6. The largest absolute Gasteiger partial charge is 0.309 e. The second-order valence-electron chi connectivity index (χ2n) is 28.1. The highest BCUT2D eigenvalue weighted by Crippen LogP contribution is 2.43. The molecule has 18 aromatic carbocycles. The molecule has 0 unspecified atom stereocenters. The fraction of sp³-hybridized carbons (Fsp3) is 0. The zero-order valence-electron chi connectivity index (χ0n) is 59.5. The van der Waals surface area contributed by atoms with Crippen LogP contribution in [0.2, 0.25) is 0 Å². The van der Waals surface area contributed by atoms with Gasteiger partial charge in [-0.15, -0.1) is 0 Å². The highest BCUT2D eigenvalue weighted by Gasteiger charge is 2.21. The van der Waals surface area contributed by atoms with Crippen molar-refractivity contribution in [2.75, 3.05) is 0 Å². The Balaban J connectivity index is 0.000000140. The summed E-state index contributed by atoms with van der Waals surface area (Å²) in [5.74, 6) is 3.92. The number of hydrogen-bond acceptors (Lipinski definition) is 6. The molecule has 0 aliphatic carbocycles. The van der Waals surface area contributed by atoms with E-state index in [0.29, 0.717) is 34.9 Å². The van der Waals surface area contributed by atoms with Gasteiger partial charge in [-0.25, -0.2) is 29.9 Å². The van der Waals surface area contributed by atoms with Crippen LogP contribution in [0.4, 0.5) is 0 Å². The predicted octanol–water partition coefficient (Wildman–Crippen LogP) is 26.2. The fourth-order valence-corrected chi connectivity index (χ4v) is 16.3. The van der Waals surface area contributed by atoms with Gasteiger partial charge in [0.05, 0.1) is 22.1 Å². The molecule has 4 aromatic heterocycles. The minimum Gasteiger partial charge on any atom is -0.309 e. The Bertz CT molecular complexity index is 7260. The van der Waals surface area contributed by atoms with Gasteiger partial charge in [-0.2, -0.15) is 0 Å². The molecule has 110 heavy (non-hydrogen) atoms. The topological polar surface area (TPSA) is 87.2 Å². The maximum atomic E-state index is 4.98. The lowest BCUT2D eigenvalue weighted by molar-refractivity contribution is 1.07. The molecular formula is C102H64N8. The Hall–Kier alpha value is -14.9. The van der Waals surface area contributed by atoms with Crippen molar-refractivity contribution in [3.05, 3.63) is 388 Å². The zero-order valence-corrected chi connectivity index (χ0v) is 59.5. The van der Waals surface area contributed by atoms with Crippen LogP contribution in [0.25, 0.3) is 210 Å². The average Bonchev–Trinajstić information content (AvgIpc) is 1.57. The molecule has 0 aliphatic rings. The molecule has 0 saturated heterocycles. The Kier molecular flexibility index (Phi) is 15.4. The average molecular weight is 1400 g/mol. The van der Waals surface area contributed by atoms with Crippen LogP contribution >= 0.6 is 0 Å². The summed E-state index contributed by atoms with van der Waals surface area (Å²) in [6.07, 6.45) is 0. The molecular weight excluding hydrogens is 1340 g/mol. The highest BCUT2D eigenvalue weighted by atomic mass is 15.0. The first-order chi connectivity index (χ1) is 54.5. The maximum Gasteiger partial charge on any atom is 0.164 e. The highest BCUT2D eigenvalue weighted by molar-refractivity contribution is 6.23. The van der Waals surface area contributed by atoms with Crippen molar-refractivity contribution in [2.24, 2.45) is 0 Å². The number of fused-ring (bicyclic) bond motifs is 16. The quantitative estimate of drug-likeness (QED) is 0.127. The van der Waals surface area contributed by atoms with Crippen molar-refractivity contribution < 1.29 is 0 Å². The van der Waals surface area contributed by atoms with Crippen LogP contribution in [-0.2, 0) is 0 Å². The molecule has 0 aliphatic heterocycles. The van der Waals surface area contributed by atoms with Gasteiger partial charge in [0, 0.05) is 66.3 Å². The molecule has 0 N–H and O–H groups in total. The summed E-state index contributed by atoms with van der Waals surface area (Å²) in [7, 11) is 0. The molecule has 0 amide bonds. The van der Waals surface area contributed by atoms with Gasteiger partial charge in [-0.3, -0.25) is 0 Å². The first kappa shape index (κ1) is 63.6. The van der Waals surface area contributed by atoms with Crippen molar-refractivity contribution in [3.63, 3.8) is 0 Å². The molecule has 512 valence electrons. The predicted molar refractivity (Wildman–Crippen MR) is 457 cm³/mol. The van der Waals surface area contributed by atoms with E-state index in [1.807, 2.05) is 121 Å². The minimum atomic E-state index is 0.645. The van der Waals surface area contributed by atoms with Crippen molar-refractivity contribution in [1.82, 2.24) is 39.0 Å². The first-order valence-corrected chi connectivity index (χ1v) is 37.2. The van der Waals surface area contributed by atoms with E-state index < -0.39 is 0 Å². The first-order valence-electron chi connectivity index (χ1n) is 37.2. The van der Waals surface area contributed by atoms with E-state index in [1.165, 1.54) is 108 Å². The third-order valence-corrected chi connectivity index (χ3v) is 21.6. The lowest BCUT2D eigenvalue weighted by atomic mass is 9.97. The van der Waals surface area contributed by atoms with Crippen LogP contribution in [0.1, 0.15) is 0 Å². The molecule has 22 rings (SSSR count). The molecule has 8 heteroatoms. The van der Waals surface area contributed by atoms with E-state index in [1.54, 1.807) is 0 Å². The molecule has 0 fully saturated rings. The molecule has 0 atom stereocenters. The van der Waals surface area contributed by atoms with Crippen LogP contribution in [0.15, 0.2) is 388 Å². The van der Waals surface area contributed by atoms with E-state index in [2.05, 4.69) is 276 Å². The summed E-state index contributed by atoms with van der Waals surface area (Å²) >= 11 is 0. The van der Waals surface area contributed by atoms with Gasteiger partial charge in [0.15, 0.2) is 34.9 Å². The number of nitrogens with zero attached hydrogens (tertiary/aromatic N) is 8. The molecule has 0 saturated carbocycles. The number of aromatic nitrogens is 8. The smallest absolute Gasteiger partial charge is 0.164 e. The molecule has 0 bridgehead atoms. The van der Waals surface area contributed by atoms with Gasteiger partial charge in [0.2, 0.25) is 0 Å². The molecule has 4 heterocycles. The van der Waals surface area contributed by atoms with E-state index in [-0.39, 0.29) is 0 Å². The van der Waals surface area contributed by atoms with Crippen LogP contribution < -0.4 is 0 Å². The number of rotatable bonds is 10. The molecule has 8 nitrogen and oxygen atoms in total. The number of para-hydroxylation sites is 2. The van der Waals surface area contributed by atoms with E-state index in [0.717, 1.165) is 67.0 Å². The summed E-state index contributed by atoms with van der Waals surface area (Å²) in [4.78, 5) is 29.5. The van der Waals surface area contributed by atoms with Crippen molar-refractivity contribution in [1.29, 1.82) is 0 Å². The maximum absolute atomic E-state index is 4.98. The third kappa shape index (κ3) is 11.2. The van der Waals surface area contributed by atoms with Crippen LogP contribution in [0.3, 0.4) is 0 Å². The van der Waals surface area contributed by atoms with Crippen molar-refractivity contribution in [2.45, 2.75) is 0 Å². The van der Waals surface area contributed by atoms with Crippen LogP contribution in [0.5, 0.6) is 0 Å². The minimum absolute atomic E-state index is 0.645. The summed E-state index contributed by atoms with van der Waals surface area (Å²) in [6, 6.07) is 138. The summed E-state index contributed by atoms with van der Waals surface area (Å²) in [6.45, 7) is 0. The monoisotopic (exact) mass is 1400 g/mol. The summed E-state index contributed by atoms with van der Waals surface area (Å²) < 4.78 is 4.83. The molecule has 0 radical (unpaired) electrons. The summed E-state index contributed by atoms with van der Waals surface area (Å²) in [5, 5.41) is 20.0. The SMILES string of the molecule is c1ccc(-c2nc(-c3ccccc3)nc(-c3ccc(-c4ccc5c(ccc6c5c5ccccc5n6-c5ccc6c(ccc7ccccc76)c5)c4)cc3)n2)cc1.c1ccc(-c2nc(-c3ccccc3)nc(-c3cccc(-c4ccc5c(ccc6c5c5ccccc5n6-c5ccc6c(ccc7ccccc76)c5)c4)c3)n2)cc1. The lowest BCUT2D eigenvalue weighted by Gasteiger charge is -2.12. The second-order valence-corrected chi connectivity index (χ2v) is 28.1. The van der Waals surface area contributed by atoms with Gasteiger partial charge in [-0.05, 0) is 154 Å². The van der Waals surface area contributed by atoms with Gasteiger partial charge in [0.25, 0.3) is 0 Å². The lowest BCUT2D eigenvalue weighted by Crippen LogP contribution is -2.00. The van der Waals surface area contributed by atoms with Gasteiger partial charge in [-0.1, -0.05) is 322 Å². The fourth-order valence-electron chi connectivity index (χ4n) is 16.3. The van der Waals surface area contributed by atoms with Crippen molar-refractivity contribution in [3.8, 4) is 102 Å². The van der Waals surface area contributed by atoms with Crippen LogP contribution in [-0.4, -0.2) is 39.0 Å². The second kappa shape index (κ2) is 26.6. The van der Waals surface area contributed by atoms with Crippen LogP contribution in [0, 0.1) is 0 Å². The standard InChI is InChI=1S/2C51H32N4/c1-3-13-34(14-4-1)49-52-50(35-15-5-2-6-16-35)54-51(53-49)40-18-11-17-36(31-40)37-24-27-44-38(30-37)25-29-47-48(44)45-20-9-10-21-46(45)55(47)41-26-28-43-39(32-41)23-22-33-12-7-8-19-42(33)43;1-3-12-35(13-4-1)49-52-50(36-14-5-2-6-15-36)54-51(53-49)37-22-19-33(20-23-37)38-25-28-44-39(31-38)26-30-47-48(44)45-17-9-10-18-46(45)55(47)41-27-29-43-40(32-41)24-21-34-11-7-8-16-42(34)43/h2*1-32H. The van der Waals surface area contributed by atoms with Gasteiger partial charge < -0.3 is 9.13 Å². The Morgan fingerprint density at radius 2 is 0.427 bits per heavy atom. The number of hydrogen-bond donors (Lipinski definition) is 0. The molecule has 0 spiro atoms. The Labute approximate surface area is 633 Å². The Morgan fingerprint density at radius 3 is 0.864 bits per heavy atom. The van der Waals surface area contributed by atoms with Crippen molar-refractivity contribution >= 4 is 108 Å². The van der Waals surface area contributed by atoms with E-state index >= 15 is 0 Å². The Morgan fingerprint density at radius 1 is 0.145 bits per heavy atom. The van der Waals surface area contributed by atoms with E-state index in [9.17, 15) is 0 Å². The number of benzene rings is 18. The normalized spacial score (nSPS) is 11.6. The summed E-state index contributed by atoms with van der Waals surface area (Å²) in [5.41, 5.74) is 17.4. The van der Waals surface area contributed by atoms with E-state index in [4.69, 9.17) is 29.9 Å². The van der Waals surface area contributed by atoms with Gasteiger partial charge in [0.1, 0.15) is 0 Å². The van der Waals surface area contributed by atoms with Gasteiger partial charge >= 0.3 is 0 Å².